The number of carbonyl (C=O) groups is 1. The van der Waals surface area contributed by atoms with Gasteiger partial charge in [0.25, 0.3) is 0 Å². The summed E-state index contributed by atoms with van der Waals surface area (Å²) in [4.78, 5) is 12.0. The number of nitrogens with one attached hydrogen (secondary N) is 1. The molecule has 1 fully saturated rings. The van der Waals surface area contributed by atoms with E-state index in [0.29, 0.717) is 19.8 Å². The normalized spacial score (nSPS) is 18.7. The number of methoxy groups -OCH3 is 1. The highest BCUT2D eigenvalue weighted by Crippen LogP contribution is 2.34. The van der Waals surface area contributed by atoms with Gasteiger partial charge in [0, 0.05) is 36.8 Å². The predicted octanol–water partition coefficient (Wildman–Crippen LogP) is 1.59. The van der Waals surface area contributed by atoms with E-state index in [9.17, 15) is 4.79 Å². The first-order valence-corrected chi connectivity index (χ1v) is 8.23. The fraction of sp³-hybridized carbons (Fsp3) is 0.562. The van der Waals surface area contributed by atoms with Gasteiger partial charge in [0.2, 0.25) is 5.91 Å². The van der Waals surface area contributed by atoms with E-state index in [1.165, 1.54) is 12.7 Å². The summed E-state index contributed by atoms with van der Waals surface area (Å²) in [6.45, 7) is 2.20. The molecule has 1 aliphatic heterocycles. The summed E-state index contributed by atoms with van der Waals surface area (Å²) in [7, 11) is 1.54. The Morgan fingerprint density at radius 2 is 2.05 bits per heavy atom. The first-order valence-electron chi connectivity index (χ1n) is 7.43. The Kier molecular flexibility index (Phi) is 6.37. The summed E-state index contributed by atoms with van der Waals surface area (Å²) < 4.78 is 11.5. The molecule has 2 rings (SSSR count). The van der Waals surface area contributed by atoms with Crippen LogP contribution in [0, 0.1) is 0 Å². The quantitative estimate of drug-likeness (QED) is 0.797. The van der Waals surface area contributed by atoms with Crippen LogP contribution >= 0.6 is 15.9 Å². The Morgan fingerprint density at radius 3 is 2.64 bits per heavy atom. The van der Waals surface area contributed by atoms with E-state index >= 15 is 0 Å². The largest absolute Gasteiger partial charge is 0.383 e. The van der Waals surface area contributed by atoms with Crippen molar-refractivity contribution in [1.82, 2.24) is 5.32 Å². The Bertz CT molecular complexity index is 487. The maximum absolute atomic E-state index is 12.0. The molecule has 0 aromatic heterocycles. The van der Waals surface area contributed by atoms with Gasteiger partial charge in [-0.05, 0) is 30.5 Å². The Morgan fingerprint density at radius 1 is 1.41 bits per heavy atom. The molecule has 5 nitrogen and oxygen atoms in total. The third-order valence-corrected chi connectivity index (χ3v) is 4.72. The molecule has 1 amide bonds. The molecule has 0 bridgehead atoms. The average molecular weight is 371 g/mol. The molecule has 1 aromatic rings. The molecular formula is C16H23BrN2O3. The summed E-state index contributed by atoms with van der Waals surface area (Å²) >= 11 is 3.46. The molecule has 3 N–H and O–H groups in total. The number of ether oxygens (including phenoxy) is 2. The van der Waals surface area contributed by atoms with Gasteiger partial charge < -0.3 is 20.5 Å². The Labute approximate surface area is 139 Å². The van der Waals surface area contributed by atoms with E-state index < -0.39 is 6.04 Å². The van der Waals surface area contributed by atoms with Crippen LogP contribution in [0.4, 0.5) is 0 Å². The number of halogens is 1. The van der Waals surface area contributed by atoms with Crippen LogP contribution in [0.3, 0.4) is 0 Å². The summed E-state index contributed by atoms with van der Waals surface area (Å²) in [5.74, 6) is -0.176. The summed E-state index contributed by atoms with van der Waals surface area (Å²) in [6.07, 6.45) is 1.77. The fourth-order valence-corrected chi connectivity index (χ4v) is 3.04. The summed E-state index contributed by atoms with van der Waals surface area (Å²) in [5, 5.41) is 2.98. The molecule has 1 aromatic carbocycles. The Balaban J connectivity index is 2.09. The van der Waals surface area contributed by atoms with E-state index in [2.05, 4.69) is 33.4 Å². The van der Waals surface area contributed by atoms with Crippen molar-refractivity contribution in [3.05, 3.63) is 34.3 Å². The van der Waals surface area contributed by atoms with Crippen LogP contribution in [0.15, 0.2) is 28.7 Å². The molecule has 6 heteroatoms. The van der Waals surface area contributed by atoms with Crippen LogP contribution in [0.2, 0.25) is 0 Å². The van der Waals surface area contributed by atoms with Gasteiger partial charge in [-0.1, -0.05) is 28.1 Å². The average Bonchev–Trinajstić information content (AvgIpc) is 2.54. The molecule has 1 unspecified atom stereocenters. The van der Waals surface area contributed by atoms with Gasteiger partial charge in [0.15, 0.2) is 0 Å². The molecule has 1 heterocycles. The van der Waals surface area contributed by atoms with Crippen molar-refractivity contribution in [3.63, 3.8) is 0 Å². The van der Waals surface area contributed by atoms with E-state index in [0.717, 1.165) is 17.3 Å². The van der Waals surface area contributed by atoms with Crippen LogP contribution in [-0.2, 0) is 19.7 Å². The third kappa shape index (κ3) is 4.29. The zero-order valence-electron chi connectivity index (χ0n) is 12.8. The van der Waals surface area contributed by atoms with E-state index in [4.69, 9.17) is 15.2 Å². The van der Waals surface area contributed by atoms with Crippen molar-refractivity contribution in [3.8, 4) is 0 Å². The maximum atomic E-state index is 12.0. The highest BCUT2D eigenvalue weighted by molar-refractivity contribution is 9.10. The van der Waals surface area contributed by atoms with Crippen LogP contribution in [0.1, 0.15) is 18.4 Å². The maximum Gasteiger partial charge on any atom is 0.239 e. The van der Waals surface area contributed by atoms with E-state index in [-0.39, 0.29) is 17.9 Å². The minimum atomic E-state index is -0.633. The first-order chi connectivity index (χ1) is 10.6. The molecule has 1 aliphatic rings. The van der Waals surface area contributed by atoms with Crippen LogP contribution in [-0.4, -0.2) is 45.4 Å². The molecule has 1 atom stereocenters. The van der Waals surface area contributed by atoms with Crippen LogP contribution < -0.4 is 11.1 Å². The monoisotopic (exact) mass is 370 g/mol. The second-order valence-electron chi connectivity index (χ2n) is 5.68. The van der Waals surface area contributed by atoms with Gasteiger partial charge in [-0.25, -0.2) is 0 Å². The lowest BCUT2D eigenvalue weighted by Crippen LogP contribution is -2.50. The standard InChI is InChI=1S/C16H23BrN2O3/c1-21-10-14(18)15(20)19-11-16(6-8-22-9-7-16)12-2-4-13(17)5-3-12/h2-5,14H,6-11,18H2,1H3,(H,19,20). The minimum Gasteiger partial charge on any atom is -0.383 e. The van der Waals surface area contributed by atoms with Crippen LogP contribution in [0.25, 0.3) is 0 Å². The Hall–Kier alpha value is -0.950. The highest BCUT2D eigenvalue weighted by atomic mass is 79.9. The lowest BCUT2D eigenvalue weighted by atomic mass is 9.74. The van der Waals surface area contributed by atoms with E-state index in [1.54, 1.807) is 0 Å². The van der Waals surface area contributed by atoms with Crippen molar-refractivity contribution >= 4 is 21.8 Å². The van der Waals surface area contributed by atoms with Gasteiger partial charge >= 0.3 is 0 Å². The molecular weight excluding hydrogens is 348 g/mol. The van der Waals surface area contributed by atoms with Gasteiger partial charge in [-0.15, -0.1) is 0 Å². The highest BCUT2D eigenvalue weighted by Gasteiger charge is 2.35. The fourth-order valence-electron chi connectivity index (χ4n) is 2.78. The molecule has 0 aliphatic carbocycles. The number of benzene rings is 1. The minimum absolute atomic E-state index is 0.0958. The molecule has 0 saturated carbocycles. The van der Waals surface area contributed by atoms with Gasteiger partial charge in [0.1, 0.15) is 6.04 Å². The number of nitrogens with two attached hydrogens (primary N) is 1. The molecule has 0 spiro atoms. The van der Waals surface area contributed by atoms with Crippen molar-refractivity contribution in [2.45, 2.75) is 24.3 Å². The number of rotatable bonds is 6. The second-order valence-corrected chi connectivity index (χ2v) is 6.59. The van der Waals surface area contributed by atoms with E-state index in [1.807, 2.05) is 12.1 Å². The smallest absolute Gasteiger partial charge is 0.239 e. The van der Waals surface area contributed by atoms with Gasteiger partial charge in [0.05, 0.1) is 6.61 Å². The lowest BCUT2D eigenvalue weighted by Gasteiger charge is -2.38. The van der Waals surface area contributed by atoms with Gasteiger partial charge in [-0.3, -0.25) is 4.79 Å². The molecule has 0 radical (unpaired) electrons. The molecule has 22 heavy (non-hydrogen) atoms. The van der Waals surface area contributed by atoms with Crippen molar-refractivity contribution in [2.75, 3.05) is 33.5 Å². The molecule has 1 saturated heterocycles. The predicted molar refractivity (Wildman–Crippen MR) is 88.7 cm³/mol. The topological polar surface area (TPSA) is 73.6 Å². The third-order valence-electron chi connectivity index (χ3n) is 4.19. The summed E-state index contributed by atoms with van der Waals surface area (Å²) in [6, 6.07) is 7.65. The van der Waals surface area contributed by atoms with Crippen molar-refractivity contribution in [2.24, 2.45) is 5.73 Å². The molecule has 122 valence electrons. The number of carbonyl (C=O) groups excluding carboxylic acids is 1. The SMILES string of the molecule is COCC(N)C(=O)NCC1(c2ccc(Br)cc2)CCOCC1. The number of amides is 1. The van der Waals surface area contributed by atoms with Crippen molar-refractivity contribution in [1.29, 1.82) is 0 Å². The second kappa shape index (κ2) is 8.06. The zero-order valence-corrected chi connectivity index (χ0v) is 14.4. The van der Waals surface area contributed by atoms with Crippen molar-refractivity contribution < 1.29 is 14.3 Å². The first kappa shape index (κ1) is 17.4. The van der Waals surface area contributed by atoms with Gasteiger partial charge in [-0.2, -0.15) is 0 Å². The summed E-state index contributed by atoms with van der Waals surface area (Å²) in [5.41, 5.74) is 6.90. The number of hydrogen-bond acceptors (Lipinski definition) is 4. The lowest BCUT2D eigenvalue weighted by molar-refractivity contribution is -0.124. The van der Waals surface area contributed by atoms with Crippen LogP contribution in [0.5, 0.6) is 0 Å². The zero-order chi connectivity index (χ0) is 16.0. The number of hydrogen-bond donors (Lipinski definition) is 2.